The van der Waals surface area contributed by atoms with Gasteiger partial charge in [0.15, 0.2) is 11.5 Å². The molecule has 8 heteroatoms. The maximum Gasteiger partial charge on any atom is 0.214 e. The number of nitrogens with zero attached hydrogens (tertiary/aromatic N) is 2. The van der Waals surface area contributed by atoms with Crippen LogP contribution in [-0.2, 0) is 16.4 Å². The van der Waals surface area contributed by atoms with Gasteiger partial charge in [-0.25, -0.2) is 8.42 Å². The minimum Gasteiger partial charge on any atom is -0.490 e. The van der Waals surface area contributed by atoms with Gasteiger partial charge in [-0.3, -0.25) is 0 Å². The first-order chi connectivity index (χ1) is 14.7. The van der Waals surface area contributed by atoms with Gasteiger partial charge in [0.05, 0.1) is 12.4 Å². The molecule has 0 unspecified atom stereocenters. The second-order valence-electron chi connectivity index (χ2n) is 8.67. The van der Waals surface area contributed by atoms with Crippen LogP contribution < -0.4 is 14.4 Å². The fourth-order valence-corrected chi connectivity index (χ4v) is 5.80. The summed E-state index contributed by atoms with van der Waals surface area (Å²) in [6, 6.07) is 13.5. The van der Waals surface area contributed by atoms with Gasteiger partial charge in [-0.15, -0.1) is 0 Å². The van der Waals surface area contributed by atoms with E-state index in [1.807, 2.05) is 42.5 Å². The average molecular weight is 465 g/mol. The standard InChI is InChI=1S/C23H29ClN2O4S/c1-23(2)17-18-6-3-9-21(22(18)30-23)29-14-5-15-31(27,28)26-12-10-25(11-13-26)20-8-4-7-19(24)16-20/h3-4,6-9,16H,5,10-15,17H2,1-2H3. The normalized spacial score (nSPS) is 18.5. The van der Waals surface area contributed by atoms with Crippen LogP contribution in [0.15, 0.2) is 42.5 Å². The Morgan fingerprint density at radius 3 is 2.58 bits per heavy atom. The van der Waals surface area contributed by atoms with E-state index in [1.165, 1.54) is 0 Å². The summed E-state index contributed by atoms with van der Waals surface area (Å²) < 4.78 is 39.0. The number of halogens is 1. The van der Waals surface area contributed by atoms with E-state index in [2.05, 4.69) is 18.7 Å². The molecule has 6 nitrogen and oxygen atoms in total. The van der Waals surface area contributed by atoms with Gasteiger partial charge in [-0.1, -0.05) is 29.8 Å². The quantitative estimate of drug-likeness (QED) is 0.580. The monoisotopic (exact) mass is 464 g/mol. The van der Waals surface area contributed by atoms with Crippen LogP contribution in [0.2, 0.25) is 5.02 Å². The molecule has 0 spiro atoms. The smallest absolute Gasteiger partial charge is 0.214 e. The molecule has 0 aromatic heterocycles. The van der Waals surface area contributed by atoms with Crippen LogP contribution in [0, 0.1) is 0 Å². The Kier molecular flexibility index (Phi) is 6.37. The van der Waals surface area contributed by atoms with Gasteiger partial charge >= 0.3 is 0 Å². The Hall–Kier alpha value is -1.96. The molecule has 2 aliphatic heterocycles. The second kappa shape index (κ2) is 8.88. The van der Waals surface area contributed by atoms with E-state index < -0.39 is 10.0 Å². The molecule has 0 N–H and O–H groups in total. The molecule has 168 valence electrons. The van der Waals surface area contributed by atoms with Gasteiger partial charge in [-0.2, -0.15) is 4.31 Å². The number of piperazine rings is 1. The predicted octanol–water partition coefficient (Wildman–Crippen LogP) is 3.97. The van der Waals surface area contributed by atoms with Crippen molar-refractivity contribution in [1.29, 1.82) is 0 Å². The van der Waals surface area contributed by atoms with E-state index in [1.54, 1.807) is 4.31 Å². The molecule has 4 rings (SSSR count). The first-order valence-corrected chi connectivity index (χ1v) is 12.6. The van der Waals surface area contributed by atoms with Crippen molar-refractivity contribution in [3.05, 3.63) is 53.1 Å². The predicted molar refractivity (Wildman–Crippen MR) is 124 cm³/mol. The van der Waals surface area contributed by atoms with Crippen LogP contribution in [0.4, 0.5) is 5.69 Å². The van der Waals surface area contributed by atoms with Crippen molar-refractivity contribution in [2.75, 3.05) is 43.4 Å². The Balaban J connectivity index is 1.26. The van der Waals surface area contributed by atoms with Crippen LogP contribution in [-0.4, -0.2) is 56.9 Å². The van der Waals surface area contributed by atoms with Gasteiger partial charge in [0, 0.05) is 48.9 Å². The zero-order valence-corrected chi connectivity index (χ0v) is 19.6. The fourth-order valence-electron chi connectivity index (χ4n) is 4.15. The topological polar surface area (TPSA) is 59.1 Å². The number of hydrogen-bond donors (Lipinski definition) is 0. The van der Waals surface area contributed by atoms with Gasteiger partial charge < -0.3 is 14.4 Å². The molecule has 31 heavy (non-hydrogen) atoms. The Labute approximate surface area is 189 Å². The average Bonchev–Trinajstić information content (AvgIpc) is 3.06. The van der Waals surface area contributed by atoms with Crippen molar-refractivity contribution in [2.45, 2.75) is 32.3 Å². The maximum absolute atomic E-state index is 12.8. The third-order valence-electron chi connectivity index (χ3n) is 5.66. The first kappa shape index (κ1) is 22.2. The van der Waals surface area contributed by atoms with Crippen molar-refractivity contribution < 1.29 is 17.9 Å². The molecule has 2 aromatic carbocycles. The van der Waals surface area contributed by atoms with Gasteiger partial charge in [0.1, 0.15) is 5.60 Å². The van der Waals surface area contributed by atoms with Crippen LogP contribution in [0.5, 0.6) is 11.5 Å². The van der Waals surface area contributed by atoms with Crippen molar-refractivity contribution in [3.8, 4) is 11.5 Å². The molecule has 1 fully saturated rings. The second-order valence-corrected chi connectivity index (χ2v) is 11.2. The highest BCUT2D eigenvalue weighted by Crippen LogP contribution is 2.41. The van der Waals surface area contributed by atoms with Crippen LogP contribution in [0.3, 0.4) is 0 Å². The van der Waals surface area contributed by atoms with Gasteiger partial charge in [0.2, 0.25) is 10.0 Å². The molecular formula is C23H29ClN2O4S. The van der Waals surface area contributed by atoms with Crippen molar-refractivity contribution in [3.63, 3.8) is 0 Å². The van der Waals surface area contributed by atoms with E-state index in [4.69, 9.17) is 21.1 Å². The highest BCUT2D eigenvalue weighted by Gasteiger charge is 2.32. The maximum atomic E-state index is 12.8. The molecule has 0 radical (unpaired) electrons. The molecule has 2 aliphatic rings. The summed E-state index contributed by atoms with van der Waals surface area (Å²) in [5.41, 5.74) is 1.92. The van der Waals surface area contributed by atoms with Crippen molar-refractivity contribution >= 4 is 27.3 Å². The van der Waals surface area contributed by atoms with Crippen molar-refractivity contribution in [1.82, 2.24) is 4.31 Å². The fraction of sp³-hybridized carbons (Fsp3) is 0.478. The lowest BCUT2D eigenvalue weighted by molar-refractivity contribution is 0.132. The minimum atomic E-state index is -3.31. The third kappa shape index (κ3) is 5.27. The van der Waals surface area contributed by atoms with Crippen LogP contribution in [0.1, 0.15) is 25.8 Å². The number of anilines is 1. The lowest BCUT2D eigenvalue weighted by Crippen LogP contribution is -2.49. The SMILES string of the molecule is CC1(C)Cc2cccc(OCCCS(=O)(=O)N3CCN(c4cccc(Cl)c4)CC3)c2O1. The van der Waals surface area contributed by atoms with Gasteiger partial charge in [-0.05, 0) is 44.5 Å². The van der Waals surface area contributed by atoms with E-state index >= 15 is 0 Å². The molecule has 0 amide bonds. The van der Waals surface area contributed by atoms with Crippen LogP contribution >= 0.6 is 11.6 Å². The third-order valence-corrected chi connectivity index (χ3v) is 7.86. The van der Waals surface area contributed by atoms with Crippen molar-refractivity contribution in [2.24, 2.45) is 0 Å². The number of ether oxygens (including phenoxy) is 2. The summed E-state index contributed by atoms with van der Waals surface area (Å²) in [6.45, 7) is 6.70. The summed E-state index contributed by atoms with van der Waals surface area (Å²) in [6.07, 6.45) is 1.28. The molecular weight excluding hydrogens is 436 g/mol. The zero-order valence-electron chi connectivity index (χ0n) is 18.0. The Morgan fingerprint density at radius 2 is 1.84 bits per heavy atom. The molecule has 0 bridgehead atoms. The summed E-state index contributed by atoms with van der Waals surface area (Å²) >= 11 is 6.07. The largest absolute Gasteiger partial charge is 0.490 e. The highest BCUT2D eigenvalue weighted by molar-refractivity contribution is 7.89. The van der Waals surface area contributed by atoms with Crippen LogP contribution in [0.25, 0.3) is 0 Å². The first-order valence-electron chi connectivity index (χ1n) is 10.7. The van der Waals surface area contributed by atoms with E-state index in [0.717, 1.165) is 23.4 Å². The summed E-state index contributed by atoms with van der Waals surface area (Å²) in [5, 5.41) is 0.686. The lowest BCUT2D eigenvalue weighted by atomic mass is 10.0. The molecule has 0 atom stereocenters. The summed E-state index contributed by atoms with van der Waals surface area (Å²) in [5.74, 6) is 1.55. The zero-order chi connectivity index (χ0) is 22.1. The number of fused-ring (bicyclic) bond motifs is 1. The number of benzene rings is 2. The number of sulfonamides is 1. The number of para-hydroxylation sites is 1. The van der Waals surface area contributed by atoms with Gasteiger partial charge in [0.25, 0.3) is 0 Å². The lowest BCUT2D eigenvalue weighted by Gasteiger charge is -2.35. The summed E-state index contributed by atoms with van der Waals surface area (Å²) in [7, 11) is -3.31. The highest BCUT2D eigenvalue weighted by atomic mass is 35.5. The molecule has 1 saturated heterocycles. The summed E-state index contributed by atoms with van der Waals surface area (Å²) in [4.78, 5) is 2.17. The van der Waals surface area contributed by atoms with E-state index in [0.29, 0.717) is 50.0 Å². The Morgan fingerprint density at radius 1 is 1.10 bits per heavy atom. The van der Waals surface area contributed by atoms with E-state index in [-0.39, 0.29) is 11.4 Å². The molecule has 2 aromatic rings. The minimum absolute atomic E-state index is 0.0749. The molecule has 0 aliphatic carbocycles. The molecule has 2 heterocycles. The Bertz CT molecular complexity index is 1030. The number of hydrogen-bond acceptors (Lipinski definition) is 5. The van der Waals surface area contributed by atoms with E-state index in [9.17, 15) is 8.42 Å². The molecule has 0 saturated carbocycles. The number of rotatable bonds is 7.